The monoisotopic (exact) mass is 520 g/mol. The van der Waals surface area contributed by atoms with Gasteiger partial charge in [-0.3, -0.25) is 9.13 Å². The number of para-hydroxylation sites is 1. The van der Waals surface area contributed by atoms with E-state index in [1.54, 1.807) is 0 Å². The molecule has 200 valence electrons. The van der Waals surface area contributed by atoms with Crippen LogP contribution >= 0.6 is 0 Å². The fourth-order valence-electron chi connectivity index (χ4n) is 5.33. The largest absolute Gasteiger partial charge is 0.333 e. The number of tetrazole rings is 1. The molecule has 0 saturated carbocycles. The number of unbranched alkanes of at least 4 members (excludes halogenated alkanes) is 2. The minimum atomic E-state index is 0.0275. The van der Waals surface area contributed by atoms with Gasteiger partial charge < -0.3 is 0 Å². The first kappa shape index (κ1) is 26.4. The van der Waals surface area contributed by atoms with Crippen LogP contribution in [0.2, 0.25) is 0 Å². The van der Waals surface area contributed by atoms with Gasteiger partial charge in [-0.05, 0) is 59.2 Å². The van der Waals surface area contributed by atoms with Crippen molar-refractivity contribution >= 4 is 0 Å². The molecule has 0 amide bonds. The lowest BCUT2D eigenvalue weighted by Gasteiger charge is -2.12. The topological polar surface area (TPSA) is 81.4 Å². The van der Waals surface area contributed by atoms with Crippen LogP contribution < -0.4 is 5.69 Å². The van der Waals surface area contributed by atoms with Crippen molar-refractivity contribution in [2.24, 2.45) is 0 Å². The molecule has 0 aliphatic heterocycles. The van der Waals surface area contributed by atoms with E-state index >= 15 is 0 Å². The summed E-state index contributed by atoms with van der Waals surface area (Å²) in [6.07, 6.45) is 8.33. The zero-order valence-electron chi connectivity index (χ0n) is 23.0. The maximum Gasteiger partial charge on any atom is 0.333 e. The Bertz CT molecular complexity index is 1580. The molecule has 2 heterocycles. The van der Waals surface area contributed by atoms with Crippen LogP contribution in [0.5, 0.6) is 0 Å². The number of aromatic nitrogens is 6. The highest BCUT2D eigenvalue weighted by Crippen LogP contribution is 2.30. The quantitative estimate of drug-likeness (QED) is 0.201. The first-order valence-corrected chi connectivity index (χ1v) is 13.9. The van der Waals surface area contributed by atoms with Crippen molar-refractivity contribution in [3.8, 4) is 28.2 Å². The van der Waals surface area contributed by atoms with Gasteiger partial charge in [0.05, 0.1) is 12.2 Å². The van der Waals surface area contributed by atoms with Gasteiger partial charge in [-0.15, -0.1) is 10.2 Å². The summed E-state index contributed by atoms with van der Waals surface area (Å²) in [6, 6.07) is 22.8. The van der Waals surface area contributed by atoms with Crippen molar-refractivity contribution in [1.82, 2.24) is 29.8 Å². The maximum absolute atomic E-state index is 13.9. The van der Waals surface area contributed by atoms with Gasteiger partial charge in [-0.25, -0.2) is 4.79 Å². The lowest BCUT2D eigenvalue weighted by atomic mass is 9.98. The molecule has 0 bridgehead atoms. The molecule has 0 unspecified atom stereocenters. The van der Waals surface area contributed by atoms with Crippen LogP contribution in [0.1, 0.15) is 61.9 Å². The van der Waals surface area contributed by atoms with Crippen LogP contribution in [0.3, 0.4) is 0 Å². The Balaban J connectivity index is 1.49. The molecule has 0 spiro atoms. The van der Waals surface area contributed by atoms with Crippen molar-refractivity contribution in [1.29, 1.82) is 0 Å². The third-order valence-corrected chi connectivity index (χ3v) is 7.30. The SMILES string of the molecule is CCCCCc1cn(-c2c(C)cccc2CCC)c(=O)n1Cc1ccc(-c2ccccc2-c2nn[nH]n2)cc1. The Labute approximate surface area is 229 Å². The van der Waals surface area contributed by atoms with Gasteiger partial charge in [0.25, 0.3) is 0 Å². The second-order valence-electron chi connectivity index (χ2n) is 10.1. The van der Waals surface area contributed by atoms with Gasteiger partial charge in [-0.2, -0.15) is 5.21 Å². The van der Waals surface area contributed by atoms with E-state index in [4.69, 9.17) is 0 Å². The molecule has 0 aliphatic rings. The van der Waals surface area contributed by atoms with Crippen LogP contribution in [0.4, 0.5) is 0 Å². The van der Waals surface area contributed by atoms with Crippen molar-refractivity contribution in [3.05, 3.63) is 106 Å². The first-order chi connectivity index (χ1) is 19.1. The summed E-state index contributed by atoms with van der Waals surface area (Å²) in [5, 5.41) is 14.6. The highest BCUT2D eigenvalue weighted by atomic mass is 16.1. The fraction of sp³-hybridized carbons (Fsp3) is 0.312. The van der Waals surface area contributed by atoms with Crippen molar-refractivity contribution in [2.45, 2.75) is 65.8 Å². The summed E-state index contributed by atoms with van der Waals surface area (Å²) in [5.74, 6) is 0.568. The molecule has 0 saturated heterocycles. The zero-order valence-corrected chi connectivity index (χ0v) is 23.0. The summed E-state index contributed by atoms with van der Waals surface area (Å²) in [5.41, 5.74) is 8.62. The molecule has 39 heavy (non-hydrogen) atoms. The lowest BCUT2D eigenvalue weighted by molar-refractivity contribution is 0.653. The first-order valence-electron chi connectivity index (χ1n) is 13.9. The third-order valence-electron chi connectivity index (χ3n) is 7.30. The molecule has 0 atom stereocenters. The number of rotatable bonds is 11. The van der Waals surface area contributed by atoms with Crippen LogP contribution in [-0.4, -0.2) is 29.8 Å². The molecule has 0 fully saturated rings. The summed E-state index contributed by atoms with van der Waals surface area (Å²) < 4.78 is 3.84. The van der Waals surface area contributed by atoms with Gasteiger partial charge in [-0.1, -0.05) is 99.8 Å². The van der Waals surface area contributed by atoms with E-state index in [9.17, 15) is 4.79 Å². The van der Waals surface area contributed by atoms with E-state index in [0.717, 1.165) is 77.7 Å². The number of imidazole rings is 1. The highest BCUT2D eigenvalue weighted by molar-refractivity contribution is 5.80. The van der Waals surface area contributed by atoms with E-state index in [-0.39, 0.29) is 5.69 Å². The standard InChI is InChI=1S/C32H36N6O/c1-4-6-7-14-27-22-38(30-23(3)12-10-13-26(30)11-5-2)32(39)37(27)21-24-17-19-25(20-18-24)28-15-8-9-16-29(28)31-33-35-36-34-31/h8-10,12-13,15-20,22H,4-7,11,14,21H2,1-3H3,(H,33,34,35,36). The molecule has 0 radical (unpaired) electrons. The van der Waals surface area contributed by atoms with Crippen molar-refractivity contribution in [2.75, 3.05) is 0 Å². The van der Waals surface area contributed by atoms with Crippen LogP contribution in [-0.2, 0) is 19.4 Å². The molecule has 3 aromatic carbocycles. The van der Waals surface area contributed by atoms with Gasteiger partial charge in [0, 0.05) is 17.5 Å². The Morgan fingerprint density at radius 2 is 1.64 bits per heavy atom. The molecular weight excluding hydrogens is 484 g/mol. The summed E-state index contributed by atoms with van der Waals surface area (Å²) in [4.78, 5) is 13.9. The predicted octanol–water partition coefficient (Wildman–Crippen LogP) is 6.53. The Morgan fingerprint density at radius 3 is 2.36 bits per heavy atom. The van der Waals surface area contributed by atoms with E-state index in [0.29, 0.717) is 12.4 Å². The molecule has 2 aromatic heterocycles. The van der Waals surface area contributed by atoms with Crippen LogP contribution in [0.15, 0.2) is 77.7 Å². The minimum absolute atomic E-state index is 0.0275. The average molecular weight is 521 g/mol. The van der Waals surface area contributed by atoms with Crippen LogP contribution in [0.25, 0.3) is 28.2 Å². The van der Waals surface area contributed by atoms with Gasteiger partial charge in [0.15, 0.2) is 0 Å². The summed E-state index contributed by atoms with van der Waals surface area (Å²) in [7, 11) is 0. The summed E-state index contributed by atoms with van der Waals surface area (Å²) >= 11 is 0. The molecule has 5 aromatic rings. The van der Waals surface area contributed by atoms with E-state index in [2.05, 4.69) is 96.1 Å². The van der Waals surface area contributed by atoms with Gasteiger partial charge >= 0.3 is 5.69 Å². The second-order valence-corrected chi connectivity index (χ2v) is 10.1. The Morgan fingerprint density at radius 1 is 0.846 bits per heavy atom. The third kappa shape index (κ3) is 5.62. The number of benzene rings is 3. The zero-order chi connectivity index (χ0) is 27.2. The average Bonchev–Trinajstić information content (AvgIpc) is 3.59. The van der Waals surface area contributed by atoms with Gasteiger partial charge in [0.2, 0.25) is 5.82 Å². The Hall–Kier alpha value is -4.26. The smallest absolute Gasteiger partial charge is 0.292 e. The van der Waals surface area contributed by atoms with Crippen molar-refractivity contribution in [3.63, 3.8) is 0 Å². The number of H-pyrrole nitrogens is 1. The van der Waals surface area contributed by atoms with Crippen LogP contribution in [0, 0.1) is 6.92 Å². The number of nitrogens with one attached hydrogen (secondary N) is 1. The fourth-order valence-corrected chi connectivity index (χ4v) is 5.33. The van der Waals surface area contributed by atoms with E-state index in [1.807, 2.05) is 27.3 Å². The van der Waals surface area contributed by atoms with E-state index in [1.165, 1.54) is 5.56 Å². The van der Waals surface area contributed by atoms with Gasteiger partial charge in [0.1, 0.15) is 0 Å². The molecular formula is C32H36N6O. The minimum Gasteiger partial charge on any atom is -0.292 e. The molecule has 7 heteroatoms. The normalized spacial score (nSPS) is 11.3. The van der Waals surface area contributed by atoms with Crippen molar-refractivity contribution < 1.29 is 0 Å². The molecule has 0 aliphatic carbocycles. The lowest BCUT2D eigenvalue weighted by Crippen LogP contribution is -2.25. The number of nitrogens with zero attached hydrogens (tertiary/aromatic N) is 5. The highest BCUT2D eigenvalue weighted by Gasteiger charge is 2.17. The number of aromatic amines is 1. The second kappa shape index (κ2) is 12.1. The number of aryl methyl sites for hydroxylation is 3. The van der Waals surface area contributed by atoms with E-state index < -0.39 is 0 Å². The molecule has 5 rings (SSSR count). The summed E-state index contributed by atoms with van der Waals surface area (Å²) in [6.45, 7) is 7.02. The maximum atomic E-state index is 13.9. The molecule has 7 nitrogen and oxygen atoms in total. The number of hydrogen-bond acceptors (Lipinski definition) is 4. The number of hydrogen-bond donors (Lipinski definition) is 1. The Kier molecular flexibility index (Phi) is 8.16. The molecule has 1 N–H and O–H groups in total. The predicted molar refractivity (Wildman–Crippen MR) is 156 cm³/mol.